The second-order valence-corrected chi connectivity index (χ2v) is 7.88. The summed E-state index contributed by atoms with van der Waals surface area (Å²) in [6, 6.07) is 14.2. The van der Waals surface area contributed by atoms with E-state index >= 15 is 0 Å². The van der Waals surface area contributed by atoms with Crippen molar-refractivity contribution in [3.8, 4) is 11.5 Å². The Morgan fingerprint density at radius 2 is 1.90 bits per heavy atom. The van der Waals surface area contributed by atoms with Crippen LogP contribution in [-0.2, 0) is 11.3 Å². The molecule has 29 heavy (non-hydrogen) atoms. The Morgan fingerprint density at radius 3 is 2.55 bits per heavy atom. The van der Waals surface area contributed by atoms with Gasteiger partial charge in [-0.25, -0.2) is 0 Å². The number of nitrogens with one attached hydrogen (secondary N) is 1. The van der Waals surface area contributed by atoms with Gasteiger partial charge in [0.1, 0.15) is 11.5 Å². The van der Waals surface area contributed by atoms with E-state index in [2.05, 4.69) is 41.4 Å². The standard InChI is InChI=1S/C24H32N2O3/c1-17-6-5-7-19(14-17)16-26-12-10-20(11-13-26)24(27)25-18(2)22-15-21(28-3)8-9-23(22)29-4/h5-9,14-15,18,20H,10-13,16H2,1-4H3,(H,25,27)/t18-/m0/s1. The minimum atomic E-state index is -0.141. The van der Waals surface area contributed by atoms with Crippen LogP contribution < -0.4 is 14.8 Å². The number of carbonyl (C=O) groups excluding carboxylic acids is 1. The highest BCUT2D eigenvalue weighted by molar-refractivity contribution is 5.79. The van der Waals surface area contributed by atoms with Crippen LogP contribution in [0.5, 0.6) is 11.5 Å². The third-order valence-corrected chi connectivity index (χ3v) is 5.71. The molecule has 1 amide bonds. The summed E-state index contributed by atoms with van der Waals surface area (Å²) >= 11 is 0. The lowest BCUT2D eigenvalue weighted by Gasteiger charge is -2.32. The van der Waals surface area contributed by atoms with Crippen molar-refractivity contribution in [3.05, 3.63) is 59.2 Å². The predicted octanol–water partition coefficient (Wildman–Crippen LogP) is 4.10. The van der Waals surface area contributed by atoms with E-state index in [4.69, 9.17) is 9.47 Å². The average molecular weight is 397 g/mol. The Balaban J connectivity index is 1.54. The van der Waals surface area contributed by atoms with Crippen LogP contribution in [0.25, 0.3) is 0 Å². The number of hydrogen-bond donors (Lipinski definition) is 1. The number of piperidine rings is 1. The fourth-order valence-corrected chi connectivity index (χ4v) is 4.01. The SMILES string of the molecule is COc1ccc(OC)c([C@H](C)NC(=O)C2CCN(Cc3cccc(C)c3)CC2)c1. The van der Waals surface area contributed by atoms with Crippen molar-refractivity contribution in [1.29, 1.82) is 0 Å². The quantitative estimate of drug-likeness (QED) is 0.765. The number of likely N-dealkylation sites (tertiary alicyclic amines) is 1. The van der Waals surface area contributed by atoms with Crippen LogP contribution in [0.4, 0.5) is 0 Å². The minimum Gasteiger partial charge on any atom is -0.497 e. The van der Waals surface area contributed by atoms with Crippen LogP contribution in [0.3, 0.4) is 0 Å². The molecular weight excluding hydrogens is 364 g/mol. The van der Waals surface area contributed by atoms with Gasteiger partial charge in [0.15, 0.2) is 0 Å². The molecule has 5 nitrogen and oxygen atoms in total. The molecule has 0 aliphatic carbocycles. The Labute approximate surface area is 174 Å². The maximum absolute atomic E-state index is 12.8. The Kier molecular flexibility index (Phi) is 7.15. The van der Waals surface area contributed by atoms with Gasteiger partial charge in [-0.1, -0.05) is 29.8 Å². The molecule has 156 valence electrons. The van der Waals surface area contributed by atoms with E-state index in [-0.39, 0.29) is 17.9 Å². The normalized spacial score (nSPS) is 16.3. The van der Waals surface area contributed by atoms with Crippen LogP contribution in [0.15, 0.2) is 42.5 Å². The first kappa shape index (κ1) is 21.2. The van der Waals surface area contributed by atoms with Crippen molar-refractivity contribution in [2.24, 2.45) is 5.92 Å². The zero-order valence-corrected chi connectivity index (χ0v) is 17.9. The van der Waals surface area contributed by atoms with Crippen molar-refractivity contribution in [2.45, 2.75) is 39.3 Å². The number of carbonyl (C=O) groups is 1. The Bertz CT molecular complexity index is 829. The van der Waals surface area contributed by atoms with Crippen molar-refractivity contribution < 1.29 is 14.3 Å². The molecule has 2 aromatic carbocycles. The first-order chi connectivity index (χ1) is 14.0. The molecule has 1 fully saturated rings. The second-order valence-electron chi connectivity index (χ2n) is 7.88. The maximum atomic E-state index is 12.8. The Hall–Kier alpha value is -2.53. The van der Waals surface area contributed by atoms with Crippen LogP contribution in [0.2, 0.25) is 0 Å². The van der Waals surface area contributed by atoms with E-state index in [1.54, 1.807) is 14.2 Å². The minimum absolute atomic E-state index is 0.0582. The molecule has 3 rings (SSSR count). The largest absolute Gasteiger partial charge is 0.497 e. The molecule has 5 heteroatoms. The van der Waals surface area contributed by atoms with Gasteiger partial charge in [-0.15, -0.1) is 0 Å². The molecule has 1 atom stereocenters. The highest BCUT2D eigenvalue weighted by Gasteiger charge is 2.26. The zero-order chi connectivity index (χ0) is 20.8. The predicted molar refractivity (Wildman–Crippen MR) is 115 cm³/mol. The first-order valence-electron chi connectivity index (χ1n) is 10.3. The zero-order valence-electron chi connectivity index (χ0n) is 17.9. The lowest BCUT2D eigenvalue weighted by Crippen LogP contribution is -2.41. The van der Waals surface area contributed by atoms with Crippen LogP contribution in [0, 0.1) is 12.8 Å². The van der Waals surface area contributed by atoms with E-state index in [0.717, 1.165) is 49.5 Å². The molecule has 2 aromatic rings. The van der Waals surface area contributed by atoms with Gasteiger partial charge in [0.2, 0.25) is 5.91 Å². The number of nitrogens with zero attached hydrogens (tertiary/aromatic N) is 1. The number of benzene rings is 2. The van der Waals surface area contributed by atoms with Crippen molar-refractivity contribution >= 4 is 5.91 Å². The molecule has 1 aliphatic rings. The maximum Gasteiger partial charge on any atom is 0.223 e. The molecule has 0 radical (unpaired) electrons. The number of rotatable bonds is 7. The number of aryl methyl sites for hydroxylation is 1. The van der Waals surface area contributed by atoms with E-state index in [9.17, 15) is 4.79 Å². The lowest BCUT2D eigenvalue weighted by atomic mass is 9.94. The smallest absolute Gasteiger partial charge is 0.223 e. The van der Waals surface area contributed by atoms with Crippen molar-refractivity contribution in [2.75, 3.05) is 27.3 Å². The summed E-state index contributed by atoms with van der Waals surface area (Å²) in [6.07, 6.45) is 1.78. The fraction of sp³-hybridized carbons (Fsp3) is 0.458. The molecule has 0 unspecified atom stereocenters. The molecule has 1 aliphatic heterocycles. The molecule has 0 spiro atoms. The third kappa shape index (κ3) is 5.51. The summed E-state index contributed by atoms with van der Waals surface area (Å²) in [6.45, 7) is 6.96. The molecule has 1 heterocycles. The molecule has 1 saturated heterocycles. The lowest BCUT2D eigenvalue weighted by molar-refractivity contribution is -0.127. The average Bonchev–Trinajstić information content (AvgIpc) is 2.73. The number of methoxy groups -OCH3 is 2. The van der Waals surface area contributed by atoms with E-state index in [1.165, 1.54) is 11.1 Å². The Morgan fingerprint density at radius 1 is 1.14 bits per heavy atom. The number of ether oxygens (including phenoxy) is 2. The monoisotopic (exact) mass is 396 g/mol. The van der Waals surface area contributed by atoms with Gasteiger partial charge in [0.25, 0.3) is 0 Å². The second kappa shape index (κ2) is 9.79. The van der Waals surface area contributed by atoms with Gasteiger partial charge in [-0.05, 0) is 63.5 Å². The first-order valence-corrected chi connectivity index (χ1v) is 10.3. The highest BCUT2D eigenvalue weighted by Crippen LogP contribution is 2.30. The third-order valence-electron chi connectivity index (χ3n) is 5.71. The summed E-state index contributed by atoms with van der Waals surface area (Å²) in [5.41, 5.74) is 3.56. The molecule has 0 aromatic heterocycles. The summed E-state index contributed by atoms with van der Waals surface area (Å²) in [5, 5.41) is 3.17. The van der Waals surface area contributed by atoms with E-state index < -0.39 is 0 Å². The summed E-state index contributed by atoms with van der Waals surface area (Å²) < 4.78 is 10.8. The fourth-order valence-electron chi connectivity index (χ4n) is 4.01. The molecule has 1 N–H and O–H groups in total. The van der Waals surface area contributed by atoms with Crippen LogP contribution in [-0.4, -0.2) is 38.1 Å². The topological polar surface area (TPSA) is 50.8 Å². The van der Waals surface area contributed by atoms with Gasteiger partial charge < -0.3 is 14.8 Å². The van der Waals surface area contributed by atoms with Gasteiger partial charge in [0.05, 0.1) is 20.3 Å². The molecule has 0 bridgehead atoms. The van der Waals surface area contributed by atoms with Crippen molar-refractivity contribution in [1.82, 2.24) is 10.2 Å². The molecule has 0 saturated carbocycles. The molecular formula is C24H32N2O3. The van der Waals surface area contributed by atoms with Gasteiger partial charge >= 0.3 is 0 Å². The van der Waals surface area contributed by atoms with Crippen molar-refractivity contribution in [3.63, 3.8) is 0 Å². The summed E-state index contributed by atoms with van der Waals surface area (Å²) in [7, 11) is 3.28. The number of amides is 1. The highest BCUT2D eigenvalue weighted by atomic mass is 16.5. The van der Waals surface area contributed by atoms with Crippen LogP contribution in [0.1, 0.15) is 42.5 Å². The van der Waals surface area contributed by atoms with Gasteiger partial charge in [-0.2, -0.15) is 0 Å². The van der Waals surface area contributed by atoms with Gasteiger partial charge in [0, 0.05) is 18.0 Å². The van der Waals surface area contributed by atoms with E-state index in [1.807, 2.05) is 25.1 Å². The van der Waals surface area contributed by atoms with Gasteiger partial charge in [-0.3, -0.25) is 9.69 Å². The van der Waals surface area contributed by atoms with E-state index in [0.29, 0.717) is 0 Å². The summed E-state index contributed by atoms with van der Waals surface area (Å²) in [5.74, 6) is 1.69. The van der Waals surface area contributed by atoms with Crippen LogP contribution >= 0.6 is 0 Å². The number of hydrogen-bond acceptors (Lipinski definition) is 4. The summed E-state index contributed by atoms with van der Waals surface area (Å²) in [4.78, 5) is 15.3.